The van der Waals surface area contributed by atoms with Crippen molar-refractivity contribution in [3.63, 3.8) is 0 Å². The fourth-order valence-electron chi connectivity index (χ4n) is 0. The van der Waals surface area contributed by atoms with Crippen LogP contribution in [0.15, 0.2) is 0 Å². The van der Waals surface area contributed by atoms with Crippen LogP contribution in [0.3, 0.4) is 0 Å². The van der Waals surface area contributed by atoms with Gasteiger partial charge in [-0.3, -0.25) is 0 Å². The van der Waals surface area contributed by atoms with Gasteiger partial charge in [0.05, 0.1) is 0 Å². The van der Waals surface area contributed by atoms with Gasteiger partial charge in [0, 0.05) is 22.4 Å². The molecule has 0 bridgehead atoms. The fourth-order valence-corrected chi connectivity index (χ4v) is 0. The molecule has 2 N–H and O–H groups in total. The van der Waals surface area contributed by atoms with Crippen molar-refractivity contribution >= 4 is 51.4 Å². The average Bonchev–Trinajstić information content (AvgIpc) is 0.918. The Morgan fingerprint density at radius 1 is 1.60 bits per heavy atom. The van der Waals surface area contributed by atoms with Crippen molar-refractivity contribution in [3.8, 4) is 6.19 Å². The van der Waals surface area contributed by atoms with Gasteiger partial charge in [-0.1, -0.05) is 0 Å². The number of nitrogens with zero attached hydrogens (tertiary/aromatic N) is 1. The molecule has 1 radical (unpaired) electrons. The number of hydrogen-bond acceptors (Lipinski definition) is 2. The van der Waals surface area contributed by atoms with Crippen LogP contribution in [0, 0.1) is 11.5 Å². The third-order valence-corrected chi connectivity index (χ3v) is 0. The first-order chi connectivity index (χ1) is 1.41. The maximum atomic E-state index is 7.10. The summed E-state index contributed by atoms with van der Waals surface area (Å²) in [5.74, 6) is 0. The van der Waals surface area contributed by atoms with Crippen molar-refractivity contribution < 1.29 is 22.4 Å². The van der Waals surface area contributed by atoms with E-state index < -0.39 is 0 Å². The average molecular weight is 190 g/mol. The first-order valence-electron chi connectivity index (χ1n) is 0.512. The van der Waals surface area contributed by atoms with Crippen molar-refractivity contribution in [1.29, 1.82) is 5.26 Å². The number of rotatable bonds is 0. The normalized spacial score (nSPS) is 1.40. The number of nitrogens with two attached hydrogens (primary N) is 1. The maximum absolute atomic E-state index is 7.10. The van der Waals surface area contributed by atoms with E-state index in [1.165, 1.54) is 6.19 Å². The van der Waals surface area contributed by atoms with Crippen LogP contribution >= 0.6 is 0 Å². The summed E-state index contributed by atoms with van der Waals surface area (Å²) in [6.07, 6.45) is 1.25. The predicted octanol–water partition coefficient (Wildman–Crippen LogP) is -1.22. The van der Waals surface area contributed by atoms with Crippen molar-refractivity contribution in [2.45, 2.75) is 0 Å². The zero-order valence-electron chi connectivity index (χ0n) is 1.83. The van der Waals surface area contributed by atoms with Crippen molar-refractivity contribution in [2.24, 2.45) is 5.73 Å². The van der Waals surface area contributed by atoms with Crippen LogP contribution in [0.5, 0.6) is 0 Å². The van der Waals surface area contributed by atoms with Crippen LogP contribution < -0.4 is 5.73 Å². The van der Waals surface area contributed by atoms with Gasteiger partial charge in [-0.25, -0.2) is 0 Å². The van der Waals surface area contributed by atoms with Crippen LogP contribution in [0.4, 0.5) is 0 Å². The summed E-state index contributed by atoms with van der Waals surface area (Å²) >= 11 is 0. The van der Waals surface area contributed by atoms with Crippen LogP contribution in [-0.4, -0.2) is 51.4 Å². The molecule has 0 aliphatic carbocycles. The minimum atomic E-state index is 0. The van der Waals surface area contributed by atoms with Crippen molar-refractivity contribution in [2.75, 3.05) is 0 Å². The molecule has 0 atom stereocenters. The minimum absolute atomic E-state index is 0. The molecule has 0 aromatic rings. The Morgan fingerprint density at radius 3 is 1.60 bits per heavy atom. The first kappa shape index (κ1) is 15.9. The van der Waals surface area contributed by atoms with E-state index in [-0.39, 0.29) is 73.8 Å². The second kappa shape index (κ2) is 17.4. The Balaban J connectivity index is -0.0000000200. The van der Waals surface area contributed by atoms with E-state index in [1.54, 1.807) is 0 Å². The zero-order chi connectivity index (χ0) is 2.71. The molecular weight excluding hydrogens is 187 g/mol. The molecular formula is CH3AgKN2. The van der Waals surface area contributed by atoms with Gasteiger partial charge in [-0.05, 0) is 0 Å². The number of hydrogen-bond donors (Lipinski definition) is 1. The summed E-state index contributed by atoms with van der Waals surface area (Å²) in [5.41, 5.74) is 4.15. The quantitative estimate of drug-likeness (QED) is 0.295. The molecule has 0 aliphatic heterocycles. The Hall–Kier alpha value is 1.67. The Kier molecular flexibility index (Phi) is 55.3. The summed E-state index contributed by atoms with van der Waals surface area (Å²) in [6.45, 7) is 0. The molecule has 0 rings (SSSR count). The fraction of sp³-hybridized carbons (Fsp3) is 0. The molecule has 0 saturated heterocycles. The zero-order valence-corrected chi connectivity index (χ0v) is 3.31. The second-order valence-electron chi connectivity index (χ2n) is 0.129. The standard InChI is InChI=1S/CH2N2.Ag.K.H/c2-1-3;;;/h2H2;;;. The third-order valence-electron chi connectivity index (χ3n) is 0. The summed E-state index contributed by atoms with van der Waals surface area (Å²) in [4.78, 5) is 0. The molecule has 4 heteroatoms. The topological polar surface area (TPSA) is 49.8 Å². The SMILES string of the molecule is N#CN.[Ag].[KH]. The summed E-state index contributed by atoms with van der Waals surface area (Å²) in [6, 6.07) is 0. The van der Waals surface area contributed by atoms with Gasteiger partial charge in [-0.15, -0.1) is 0 Å². The van der Waals surface area contributed by atoms with Gasteiger partial charge in [0.2, 0.25) is 0 Å². The molecule has 2 nitrogen and oxygen atoms in total. The monoisotopic (exact) mass is 189 g/mol. The first-order valence-corrected chi connectivity index (χ1v) is 0.512. The van der Waals surface area contributed by atoms with E-state index in [0.717, 1.165) is 0 Å². The molecule has 0 heterocycles. The number of nitriles is 1. The van der Waals surface area contributed by atoms with E-state index in [1.807, 2.05) is 0 Å². The van der Waals surface area contributed by atoms with Gasteiger partial charge in [0.15, 0.2) is 6.19 Å². The summed E-state index contributed by atoms with van der Waals surface area (Å²) < 4.78 is 0. The van der Waals surface area contributed by atoms with Crippen LogP contribution in [0.25, 0.3) is 0 Å². The molecule has 0 spiro atoms. The predicted molar refractivity (Wildman–Crippen MR) is 16.9 cm³/mol. The molecule has 0 aliphatic rings. The summed E-state index contributed by atoms with van der Waals surface area (Å²) in [5, 5.41) is 7.10. The Bertz CT molecular complexity index is 31.1. The second-order valence-corrected chi connectivity index (χ2v) is 0.129. The van der Waals surface area contributed by atoms with Gasteiger partial charge in [0.1, 0.15) is 0 Å². The Morgan fingerprint density at radius 2 is 1.60 bits per heavy atom. The van der Waals surface area contributed by atoms with E-state index in [2.05, 4.69) is 5.73 Å². The molecule has 0 aromatic heterocycles. The third kappa shape index (κ3) is 27.4. The molecule has 0 fully saturated rings. The van der Waals surface area contributed by atoms with Gasteiger partial charge < -0.3 is 5.73 Å². The van der Waals surface area contributed by atoms with E-state index in [9.17, 15) is 0 Å². The molecule has 0 aromatic carbocycles. The molecule has 0 saturated carbocycles. The van der Waals surface area contributed by atoms with Crippen LogP contribution in [0.2, 0.25) is 0 Å². The van der Waals surface area contributed by atoms with Crippen LogP contribution in [0.1, 0.15) is 0 Å². The summed E-state index contributed by atoms with van der Waals surface area (Å²) in [7, 11) is 0. The van der Waals surface area contributed by atoms with Gasteiger partial charge >= 0.3 is 51.4 Å². The van der Waals surface area contributed by atoms with Crippen LogP contribution in [-0.2, 0) is 22.4 Å². The molecule has 29 valence electrons. The Labute approximate surface area is 89.0 Å². The van der Waals surface area contributed by atoms with Crippen molar-refractivity contribution in [3.05, 3.63) is 0 Å². The van der Waals surface area contributed by atoms with Gasteiger partial charge in [-0.2, -0.15) is 5.26 Å². The van der Waals surface area contributed by atoms with E-state index in [0.29, 0.717) is 0 Å². The van der Waals surface area contributed by atoms with E-state index >= 15 is 0 Å². The molecule has 5 heavy (non-hydrogen) atoms. The van der Waals surface area contributed by atoms with Gasteiger partial charge in [0.25, 0.3) is 0 Å². The van der Waals surface area contributed by atoms with E-state index in [4.69, 9.17) is 5.26 Å². The molecule has 0 amide bonds. The molecule has 0 unspecified atom stereocenters. The van der Waals surface area contributed by atoms with Crippen molar-refractivity contribution in [1.82, 2.24) is 0 Å².